The van der Waals surface area contributed by atoms with E-state index in [4.69, 9.17) is 0 Å². The lowest BCUT2D eigenvalue weighted by molar-refractivity contribution is -0.123. The lowest BCUT2D eigenvalue weighted by atomic mass is 9.93. The fraction of sp³-hybridized carbons (Fsp3) is 0.333. The smallest absolute Gasteiger partial charge is 0.252 e. The topological polar surface area (TPSA) is 53.5 Å². The van der Waals surface area contributed by atoms with Gasteiger partial charge in [-0.3, -0.25) is 15.1 Å². The van der Waals surface area contributed by atoms with Crippen molar-refractivity contribution in [2.45, 2.75) is 18.9 Å². The normalized spacial score (nSPS) is 25.8. The predicted octanol–water partition coefficient (Wildman–Crippen LogP) is 0.832. The lowest BCUT2D eigenvalue weighted by Gasteiger charge is -2.21. The van der Waals surface area contributed by atoms with Gasteiger partial charge in [-0.1, -0.05) is 18.2 Å². The molecule has 2 rings (SSSR count). The Hall–Kier alpha value is -1.91. The molecule has 0 aromatic heterocycles. The number of aliphatic imine (C=N–C) groups is 1. The van der Waals surface area contributed by atoms with Gasteiger partial charge in [0.2, 0.25) is 0 Å². The Balaban J connectivity index is 2.24. The van der Waals surface area contributed by atoms with E-state index < -0.39 is 5.54 Å². The van der Waals surface area contributed by atoms with Crippen LogP contribution in [0.5, 0.6) is 0 Å². The minimum atomic E-state index is -0.850. The number of nitrogens with one attached hydrogen (secondary N) is 2. The van der Waals surface area contributed by atoms with Gasteiger partial charge in [0.15, 0.2) is 5.96 Å². The van der Waals surface area contributed by atoms with Crippen molar-refractivity contribution in [2.75, 3.05) is 7.05 Å². The van der Waals surface area contributed by atoms with Crippen molar-refractivity contribution in [1.82, 2.24) is 10.6 Å². The standard InChI is InChI=1S/C12H14FN3O/c1-12(10(17)15-11(14-2)16-12)7-8-5-3-4-6-9(8)13/h3-6H,7H2,1-2H3,(H2,14,15,16,17). The van der Waals surface area contributed by atoms with Crippen molar-refractivity contribution in [1.29, 1.82) is 0 Å². The molecule has 1 aliphatic rings. The number of hydrogen-bond donors (Lipinski definition) is 2. The van der Waals surface area contributed by atoms with Crippen LogP contribution in [0, 0.1) is 5.82 Å². The van der Waals surface area contributed by atoms with Crippen LogP contribution in [0.2, 0.25) is 0 Å². The zero-order valence-electron chi connectivity index (χ0n) is 9.75. The number of hydrogen-bond acceptors (Lipinski definition) is 2. The molecule has 1 atom stereocenters. The molecule has 17 heavy (non-hydrogen) atoms. The van der Waals surface area contributed by atoms with Crippen LogP contribution in [-0.4, -0.2) is 24.5 Å². The highest BCUT2D eigenvalue weighted by molar-refractivity contribution is 6.08. The number of halogens is 1. The maximum absolute atomic E-state index is 13.5. The maximum atomic E-state index is 13.5. The molecule has 0 aliphatic carbocycles. The van der Waals surface area contributed by atoms with E-state index >= 15 is 0 Å². The Morgan fingerprint density at radius 2 is 2.12 bits per heavy atom. The van der Waals surface area contributed by atoms with Gasteiger partial charge in [0, 0.05) is 13.5 Å². The van der Waals surface area contributed by atoms with Crippen LogP contribution < -0.4 is 10.6 Å². The van der Waals surface area contributed by atoms with Crippen LogP contribution in [0.25, 0.3) is 0 Å². The van der Waals surface area contributed by atoms with Crippen molar-refractivity contribution >= 4 is 11.9 Å². The summed E-state index contributed by atoms with van der Waals surface area (Å²) in [6, 6.07) is 6.45. The summed E-state index contributed by atoms with van der Waals surface area (Å²) in [4.78, 5) is 15.7. The van der Waals surface area contributed by atoms with Gasteiger partial charge in [0.1, 0.15) is 11.4 Å². The van der Waals surface area contributed by atoms with Gasteiger partial charge in [-0.05, 0) is 18.6 Å². The Morgan fingerprint density at radius 1 is 1.41 bits per heavy atom. The average Bonchev–Trinajstić information content (AvgIpc) is 2.58. The summed E-state index contributed by atoms with van der Waals surface area (Å²) in [7, 11) is 1.58. The minimum absolute atomic E-state index is 0.193. The molecule has 1 fully saturated rings. The number of carbonyl (C=O) groups excluding carboxylic acids is 1. The van der Waals surface area contributed by atoms with Crippen LogP contribution >= 0.6 is 0 Å². The molecule has 90 valence electrons. The molecule has 1 unspecified atom stereocenters. The van der Waals surface area contributed by atoms with Gasteiger partial charge in [0.05, 0.1) is 0 Å². The van der Waals surface area contributed by atoms with Gasteiger partial charge in [-0.2, -0.15) is 0 Å². The van der Waals surface area contributed by atoms with Crippen molar-refractivity contribution in [3.63, 3.8) is 0 Å². The summed E-state index contributed by atoms with van der Waals surface area (Å²) in [5, 5.41) is 5.58. The van der Waals surface area contributed by atoms with Gasteiger partial charge < -0.3 is 5.32 Å². The van der Waals surface area contributed by atoms with Crippen molar-refractivity contribution in [3.05, 3.63) is 35.6 Å². The number of guanidine groups is 1. The summed E-state index contributed by atoms with van der Waals surface area (Å²) in [5.41, 5.74) is -0.341. The fourth-order valence-corrected chi connectivity index (χ4v) is 1.85. The molecule has 2 N–H and O–H groups in total. The molecule has 1 aromatic carbocycles. The first kappa shape index (κ1) is 11.6. The van der Waals surface area contributed by atoms with E-state index in [1.54, 1.807) is 32.2 Å². The summed E-state index contributed by atoms with van der Waals surface area (Å²) in [5.74, 6) is -0.0691. The summed E-state index contributed by atoms with van der Waals surface area (Å²) in [6.07, 6.45) is 0.282. The highest BCUT2D eigenvalue weighted by Gasteiger charge is 2.40. The monoisotopic (exact) mass is 235 g/mol. The first-order chi connectivity index (χ1) is 8.05. The van der Waals surface area contributed by atoms with Gasteiger partial charge in [0.25, 0.3) is 5.91 Å². The highest BCUT2D eigenvalue weighted by Crippen LogP contribution is 2.19. The predicted molar refractivity (Wildman–Crippen MR) is 63.1 cm³/mol. The number of amides is 1. The number of nitrogens with zero attached hydrogens (tertiary/aromatic N) is 1. The molecule has 1 heterocycles. The van der Waals surface area contributed by atoms with E-state index in [2.05, 4.69) is 15.6 Å². The van der Waals surface area contributed by atoms with E-state index in [0.717, 1.165) is 0 Å². The molecular weight excluding hydrogens is 221 g/mol. The Morgan fingerprint density at radius 3 is 2.71 bits per heavy atom. The number of rotatable bonds is 2. The largest absolute Gasteiger partial charge is 0.342 e. The van der Waals surface area contributed by atoms with Gasteiger partial charge in [-0.15, -0.1) is 0 Å². The molecule has 1 saturated heterocycles. The summed E-state index contributed by atoms with van der Waals surface area (Å²) >= 11 is 0. The maximum Gasteiger partial charge on any atom is 0.252 e. The van der Waals surface area contributed by atoms with Crippen LogP contribution in [0.3, 0.4) is 0 Å². The van der Waals surface area contributed by atoms with Crippen molar-refractivity contribution in [2.24, 2.45) is 4.99 Å². The molecule has 4 nitrogen and oxygen atoms in total. The molecule has 0 radical (unpaired) electrons. The van der Waals surface area contributed by atoms with E-state index in [0.29, 0.717) is 11.5 Å². The van der Waals surface area contributed by atoms with Crippen LogP contribution in [0.4, 0.5) is 4.39 Å². The molecule has 1 aromatic rings. The fourth-order valence-electron chi connectivity index (χ4n) is 1.85. The molecule has 1 aliphatic heterocycles. The number of carbonyl (C=O) groups is 1. The Kier molecular flexibility index (Phi) is 2.83. The second-order valence-corrected chi connectivity index (χ2v) is 4.25. The number of benzene rings is 1. The zero-order chi connectivity index (χ0) is 12.5. The van der Waals surface area contributed by atoms with Crippen LogP contribution in [-0.2, 0) is 11.2 Å². The molecular formula is C12H14FN3O. The SMILES string of the molecule is CN=C1NC(=O)C(C)(Cc2ccccc2F)N1. The van der Waals surface area contributed by atoms with Crippen LogP contribution in [0.15, 0.2) is 29.3 Å². The quantitative estimate of drug-likeness (QED) is 0.797. The second-order valence-electron chi connectivity index (χ2n) is 4.25. The van der Waals surface area contributed by atoms with Gasteiger partial charge >= 0.3 is 0 Å². The van der Waals surface area contributed by atoms with Crippen molar-refractivity contribution < 1.29 is 9.18 Å². The minimum Gasteiger partial charge on any atom is -0.342 e. The lowest BCUT2D eigenvalue weighted by Crippen LogP contribution is -2.46. The molecule has 5 heteroatoms. The third kappa shape index (κ3) is 2.13. The molecule has 0 bridgehead atoms. The Bertz CT molecular complexity index is 486. The van der Waals surface area contributed by atoms with Gasteiger partial charge in [-0.25, -0.2) is 4.39 Å². The third-order valence-electron chi connectivity index (χ3n) is 2.85. The zero-order valence-corrected chi connectivity index (χ0v) is 9.75. The summed E-state index contributed by atoms with van der Waals surface area (Å²) in [6.45, 7) is 1.73. The second kappa shape index (κ2) is 4.16. The van der Waals surface area contributed by atoms with Crippen molar-refractivity contribution in [3.8, 4) is 0 Å². The average molecular weight is 235 g/mol. The van der Waals surface area contributed by atoms with E-state index in [9.17, 15) is 9.18 Å². The summed E-state index contributed by atoms with van der Waals surface area (Å²) < 4.78 is 13.5. The third-order valence-corrected chi connectivity index (χ3v) is 2.85. The first-order valence-corrected chi connectivity index (χ1v) is 5.35. The molecule has 1 amide bonds. The van der Waals surface area contributed by atoms with E-state index in [1.807, 2.05) is 0 Å². The molecule has 0 spiro atoms. The Labute approximate surface area is 98.9 Å². The molecule has 0 saturated carbocycles. The first-order valence-electron chi connectivity index (χ1n) is 5.35. The highest BCUT2D eigenvalue weighted by atomic mass is 19.1. The van der Waals surface area contributed by atoms with E-state index in [-0.39, 0.29) is 18.1 Å². The van der Waals surface area contributed by atoms with Crippen LogP contribution in [0.1, 0.15) is 12.5 Å². The van der Waals surface area contributed by atoms with E-state index in [1.165, 1.54) is 6.07 Å².